The Labute approximate surface area is 114 Å². The van der Waals surface area contributed by atoms with Gasteiger partial charge in [-0.2, -0.15) is 0 Å². The van der Waals surface area contributed by atoms with Gasteiger partial charge in [-0.1, -0.05) is 22.0 Å². The Kier molecular flexibility index (Phi) is 3.67. The van der Waals surface area contributed by atoms with Gasteiger partial charge < -0.3 is 11.1 Å². The van der Waals surface area contributed by atoms with Crippen molar-refractivity contribution in [3.63, 3.8) is 0 Å². The summed E-state index contributed by atoms with van der Waals surface area (Å²) in [7, 11) is 0. The van der Waals surface area contributed by atoms with Gasteiger partial charge in [0.25, 0.3) is 5.91 Å². The summed E-state index contributed by atoms with van der Waals surface area (Å²) in [6.07, 6.45) is 0. The van der Waals surface area contributed by atoms with Gasteiger partial charge in [-0.15, -0.1) is 0 Å². The lowest BCUT2D eigenvalue weighted by Crippen LogP contribution is -2.13. The highest BCUT2D eigenvalue weighted by Crippen LogP contribution is 2.17. The summed E-state index contributed by atoms with van der Waals surface area (Å²) in [5.41, 5.74) is 8.53. The van der Waals surface area contributed by atoms with E-state index in [4.69, 9.17) is 5.73 Å². The molecular weight excluding hydrogens is 292 g/mol. The Morgan fingerprint density at radius 3 is 2.50 bits per heavy atom. The maximum absolute atomic E-state index is 12.1. The highest BCUT2D eigenvalue weighted by atomic mass is 79.9. The van der Waals surface area contributed by atoms with Crippen LogP contribution in [0.3, 0.4) is 0 Å². The molecule has 18 heavy (non-hydrogen) atoms. The first-order valence-electron chi connectivity index (χ1n) is 5.49. The van der Waals surface area contributed by atoms with Crippen LogP contribution in [0.2, 0.25) is 0 Å². The van der Waals surface area contributed by atoms with E-state index in [-0.39, 0.29) is 5.91 Å². The zero-order valence-corrected chi connectivity index (χ0v) is 11.5. The number of benzene rings is 2. The molecular formula is C14H13BrN2O. The maximum Gasteiger partial charge on any atom is 0.256 e. The fourth-order valence-corrected chi connectivity index (χ4v) is 1.88. The minimum absolute atomic E-state index is 0.151. The van der Waals surface area contributed by atoms with E-state index in [2.05, 4.69) is 21.2 Å². The van der Waals surface area contributed by atoms with Crippen LogP contribution in [-0.2, 0) is 0 Å². The van der Waals surface area contributed by atoms with Gasteiger partial charge in [-0.05, 0) is 48.9 Å². The zero-order chi connectivity index (χ0) is 13.1. The molecule has 3 N–H and O–H groups in total. The SMILES string of the molecule is Cc1ccc(N)cc1C(=O)Nc1ccc(Br)cc1. The Hall–Kier alpha value is -1.81. The molecule has 3 nitrogen and oxygen atoms in total. The van der Waals surface area contributed by atoms with Crippen LogP contribution >= 0.6 is 15.9 Å². The van der Waals surface area contributed by atoms with Crippen LogP contribution in [-0.4, -0.2) is 5.91 Å². The van der Waals surface area contributed by atoms with E-state index in [1.807, 2.05) is 37.3 Å². The monoisotopic (exact) mass is 304 g/mol. The van der Waals surface area contributed by atoms with Gasteiger partial charge in [-0.25, -0.2) is 0 Å². The number of nitrogens with two attached hydrogens (primary N) is 1. The molecule has 0 aromatic heterocycles. The predicted molar refractivity (Wildman–Crippen MR) is 77.7 cm³/mol. The third-order valence-corrected chi connectivity index (χ3v) is 3.14. The van der Waals surface area contributed by atoms with Crippen molar-refractivity contribution in [2.24, 2.45) is 0 Å². The van der Waals surface area contributed by atoms with Crippen molar-refractivity contribution in [2.75, 3.05) is 11.1 Å². The number of nitrogens with one attached hydrogen (secondary N) is 1. The van der Waals surface area contributed by atoms with Gasteiger partial charge >= 0.3 is 0 Å². The molecule has 0 unspecified atom stereocenters. The van der Waals surface area contributed by atoms with Gasteiger partial charge in [0.05, 0.1) is 0 Å². The molecule has 0 atom stereocenters. The Morgan fingerprint density at radius 1 is 1.17 bits per heavy atom. The Morgan fingerprint density at radius 2 is 1.83 bits per heavy atom. The summed E-state index contributed by atoms with van der Waals surface area (Å²) in [5, 5.41) is 2.84. The summed E-state index contributed by atoms with van der Waals surface area (Å²) < 4.78 is 0.973. The molecule has 0 bridgehead atoms. The molecule has 0 saturated carbocycles. The molecule has 2 rings (SSSR count). The number of carbonyl (C=O) groups is 1. The molecule has 2 aromatic rings. The summed E-state index contributed by atoms with van der Waals surface area (Å²) in [6.45, 7) is 1.88. The average molecular weight is 305 g/mol. The third-order valence-electron chi connectivity index (χ3n) is 2.61. The van der Waals surface area contributed by atoms with Crippen LogP contribution in [0.1, 0.15) is 15.9 Å². The lowest BCUT2D eigenvalue weighted by atomic mass is 10.1. The van der Waals surface area contributed by atoms with Crippen LogP contribution in [0.4, 0.5) is 11.4 Å². The fourth-order valence-electron chi connectivity index (χ4n) is 1.62. The van der Waals surface area contributed by atoms with E-state index in [1.165, 1.54) is 0 Å². The van der Waals surface area contributed by atoms with Gasteiger partial charge in [0.2, 0.25) is 0 Å². The summed E-state index contributed by atoms with van der Waals surface area (Å²) in [5.74, 6) is -0.151. The summed E-state index contributed by atoms with van der Waals surface area (Å²) in [6, 6.07) is 12.7. The molecule has 0 radical (unpaired) electrons. The van der Waals surface area contributed by atoms with Gasteiger partial charge in [-0.3, -0.25) is 4.79 Å². The molecule has 0 heterocycles. The largest absolute Gasteiger partial charge is 0.399 e. The number of anilines is 2. The number of rotatable bonds is 2. The molecule has 0 aliphatic carbocycles. The average Bonchev–Trinajstić information content (AvgIpc) is 2.35. The molecule has 4 heteroatoms. The molecule has 1 amide bonds. The highest BCUT2D eigenvalue weighted by Gasteiger charge is 2.09. The minimum atomic E-state index is -0.151. The Balaban J connectivity index is 2.21. The molecule has 92 valence electrons. The molecule has 0 aliphatic heterocycles. The van der Waals surface area contributed by atoms with Crippen molar-refractivity contribution in [3.05, 3.63) is 58.1 Å². The van der Waals surface area contributed by atoms with E-state index in [1.54, 1.807) is 12.1 Å². The van der Waals surface area contributed by atoms with Crippen molar-refractivity contribution in [2.45, 2.75) is 6.92 Å². The minimum Gasteiger partial charge on any atom is -0.399 e. The van der Waals surface area contributed by atoms with Crippen molar-refractivity contribution >= 4 is 33.2 Å². The number of nitrogen functional groups attached to an aromatic ring is 1. The van der Waals surface area contributed by atoms with Crippen LogP contribution in [0.5, 0.6) is 0 Å². The highest BCUT2D eigenvalue weighted by molar-refractivity contribution is 9.10. The molecule has 0 saturated heterocycles. The second-order valence-electron chi connectivity index (χ2n) is 4.04. The lowest BCUT2D eigenvalue weighted by Gasteiger charge is -2.08. The van der Waals surface area contributed by atoms with Crippen LogP contribution in [0.15, 0.2) is 46.9 Å². The topological polar surface area (TPSA) is 55.1 Å². The number of aryl methyl sites for hydroxylation is 1. The number of hydrogen-bond donors (Lipinski definition) is 2. The van der Waals surface area contributed by atoms with Crippen molar-refractivity contribution < 1.29 is 4.79 Å². The van der Waals surface area contributed by atoms with Crippen molar-refractivity contribution in [1.29, 1.82) is 0 Å². The number of amides is 1. The van der Waals surface area contributed by atoms with E-state index >= 15 is 0 Å². The van der Waals surface area contributed by atoms with Gasteiger partial charge in [0.1, 0.15) is 0 Å². The van der Waals surface area contributed by atoms with Crippen LogP contribution in [0, 0.1) is 6.92 Å². The third kappa shape index (κ3) is 2.90. The maximum atomic E-state index is 12.1. The first-order valence-corrected chi connectivity index (χ1v) is 6.28. The summed E-state index contributed by atoms with van der Waals surface area (Å²) in [4.78, 5) is 12.1. The standard InChI is InChI=1S/C14H13BrN2O/c1-9-2-5-11(16)8-13(9)14(18)17-12-6-3-10(15)4-7-12/h2-8H,16H2,1H3,(H,17,18). The van der Waals surface area contributed by atoms with E-state index in [0.29, 0.717) is 11.3 Å². The first kappa shape index (κ1) is 12.6. The molecule has 0 fully saturated rings. The molecule has 0 aliphatic rings. The fraction of sp³-hybridized carbons (Fsp3) is 0.0714. The second kappa shape index (κ2) is 5.23. The smallest absolute Gasteiger partial charge is 0.256 e. The van der Waals surface area contributed by atoms with Crippen molar-refractivity contribution in [3.8, 4) is 0 Å². The number of hydrogen-bond acceptors (Lipinski definition) is 2. The Bertz CT molecular complexity index is 579. The van der Waals surface area contributed by atoms with Gasteiger partial charge in [0, 0.05) is 21.4 Å². The van der Waals surface area contributed by atoms with Crippen LogP contribution in [0.25, 0.3) is 0 Å². The van der Waals surface area contributed by atoms with E-state index in [9.17, 15) is 4.79 Å². The second-order valence-corrected chi connectivity index (χ2v) is 4.95. The number of carbonyl (C=O) groups excluding carboxylic acids is 1. The zero-order valence-electron chi connectivity index (χ0n) is 9.91. The van der Waals surface area contributed by atoms with E-state index in [0.717, 1.165) is 15.7 Å². The van der Waals surface area contributed by atoms with Gasteiger partial charge in [0.15, 0.2) is 0 Å². The van der Waals surface area contributed by atoms with Crippen LogP contribution < -0.4 is 11.1 Å². The molecule has 2 aromatic carbocycles. The first-order chi connectivity index (χ1) is 8.56. The van der Waals surface area contributed by atoms with E-state index < -0.39 is 0 Å². The lowest BCUT2D eigenvalue weighted by molar-refractivity contribution is 0.102. The summed E-state index contributed by atoms with van der Waals surface area (Å²) >= 11 is 3.35. The quantitative estimate of drug-likeness (QED) is 0.833. The normalized spacial score (nSPS) is 10.1. The van der Waals surface area contributed by atoms with Crippen molar-refractivity contribution in [1.82, 2.24) is 0 Å². The molecule has 0 spiro atoms. The predicted octanol–water partition coefficient (Wildman–Crippen LogP) is 3.59. The number of halogens is 1.